The van der Waals surface area contributed by atoms with Crippen LogP contribution in [0.1, 0.15) is 43.0 Å². The van der Waals surface area contributed by atoms with Gasteiger partial charge in [-0.05, 0) is 49.1 Å². The van der Waals surface area contributed by atoms with Crippen molar-refractivity contribution in [3.63, 3.8) is 0 Å². The van der Waals surface area contributed by atoms with Gasteiger partial charge in [0.2, 0.25) is 0 Å². The molecule has 1 amide bonds. The predicted octanol–water partition coefficient (Wildman–Crippen LogP) is 7.92. The Balaban J connectivity index is 1.60. The van der Waals surface area contributed by atoms with E-state index in [-0.39, 0.29) is 6.09 Å². The Morgan fingerprint density at radius 2 is 1.34 bits per heavy atom. The van der Waals surface area contributed by atoms with Crippen LogP contribution in [-0.4, -0.2) is 29.0 Å². The van der Waals surface area contributed by atoms with Crippen molar-refractivity contribution < 1.29 is 9.53 Å². The van der Waals surface area contributed by atoms with E-state index in [1.165, 1.54) is 22.3 Å². The van der Waals surface area contributed by atoms with Crippen molar-refractivity contribution in [2.24, 2.45) is 0 Å². The first-order chi connectivity index (χ1) is 18.4. The second-order valence-corrected chi connectivity index (χ2v) is 12.2. The smallest absolute Gasteiger partial charge is 0.407 e. The molecule has 0 spiro atoms. The molecular formula is C32H34N2O2S2. The topological polar surface area (TPSA) is 51.2 Å². The maximum Gasteiger partial charge on any atom is 0.407 e. The van der Waals surface area contributed by atoms with E-state index in [1.54, 1.807) is 11.8 Å². The quantitative estimate of drug-likeness (QED) is 0.125. The summed E-state index contributed by atoms with van der Waals surface area (Å²) < 4.78 is 4.88. The van der Waals surface area contributed by atoms with E-state index in [4.69, 9.17) is 4.74 Å². The molecular weight excluding hydrogens is 508 g/mol. The Morgan fingerprint density at radius 1 is 0.816 bits per heavy atom. The number of hydrogen-bond donors (Lipinski definition) is 1. The van der Waals surface area contributed by atoms with Crippen LogP contribution in [-0.2, 0) is 15.2 Å². The van der Waals surface area contributed by atoms with Crippen molar-refractivity contribution >= 4 is 29.6 Å². The summed E-state index contributed by atoms with van der Waals surface area (Å²) in [6, 6.07) is 34.2. The summed E-state index contributed by atoms with van der Waals surface area (Å²) in [5.41, 5.74) is 4.37. The number of nitrogens with zero attached hydrogens (tertiary/aromatic N) is 1. The molecule has 0 unspecified atom stereocenters. The van der Waals surface area contributed by atoms with Crippen LogP contribution in [0, 0.1) is 0 Å². The summed E-state index contributed by atoms with van der Waals surface area (Å²) in [5.74, 6) is 1.60. The molecule has 38 heavy (non-hydrogen) atoms. The van der Waals surface area contributed by atoms with Gasteiger partial charge in [0.05, 0.1) is 4.75 Å². The first-order valence-electron chi connectivity index (χ1n) is 12.7. The van der Waals surface area contributed by atoms with Crippen LogP contribution < -0.4 is 5.32 Å². The van der Waals surface area contributed by atoms with E-state index >= 15 is 0 Å². The highest BCUT2D eigenvalue weighted by molar-refractivity contribution is 8.01. The van der Waals surface area contributed by atoms with Gasteiger partial charge in [-0.15, -0.1) is 11.8 Å². The van der Waals surface area contributed by atoms with E-state index in [2.05, 4.69) is 107 Å². The van der Waals surface area contributed by atoms with Gasteiger partial charge in [-0.2, -0.15) is 11.8 Å². The standard InChI is InChI=1S/C32H34N2O2S2/c1-31(2,3)36-30(35)34-21-22-37-24-25-19-20-33-23-29(25)38-32(26-13-7-4-8-14-26,27-15-9-5-10-16-27)28-17-11-6-12-18-28/h4-20,23H,21-22,24H2,1-3H3,(H,34,35). The molecule has 0 atom stereocenters. The number of carbonyl (C=O) groups is 1. The van der Waals surface area contributed by atoms with Gasteiger partial charge in [0.1, 0.15) is 5.60 Å². The number of pyridine rings is 1. The maximum atomic E-state index is 12.0. The summed E-state index contributed by atoms with van der Waals surface area (Å²) in [4.78, 5) is 17.6. The van der Waals surface area contributed by atoms with Gasteiger partial charge in [-0.1, -0.05) is 91.0 Å². The molecule has 0 radical (unpaired) electrons. The Hall–Kier alpha value is -3.22. The third-order valence-corrected chi connectivity index (χ3v) is 8.45. The van der Waals surface area contributed by atoms with Crippen LogP contribution in [0.4, 0.5) is 4.79 Å². The lowest BCUT2D eigenvalue weighted by molar-refractivity contribution is 0.0531. The van der Waals surface area contributed by atoms with E-state index in [9.17, 15) is 4.79 Å². The number of thioether (sulfide) groups is 2. The van der Waals surface area contributed by atoms with Gasteiger partial charge >= 0.3 is 6.09 Å². The van der Waals surface area contributed by atoms with E-state index in [1.807, 2.05) is 44.9 Å². The van der Waals surface area contributed by atoms with E-state index < -0.39 is 10.3 Å². The highest BCUT2D eigenvalue weighted by Crippen LogP contribution is 2.52. The fourth-order valence-corrected chi connectivity index (χ4v) is 6.63. The predicted molar refractivity (Wildman–Crippen MR) is 160 cm³/mol. The largest absolute Gasteiger partial charge is 0.444 e. The van der Waals surface area contributed by atoms with Gasteiger partial charge in [0, 0.05) is 35.3 Å². The lowest BCUT2D eigenvalue weighted by Gasteiger charge is -2.36. The molecule has 3 aromatic carbocycles. The summed E-state index contributed by atoms with van der Waals surface area (Å²) in [6.45, 7) is 6.15. The molecule has 0 fully saturated rings. The van der Waals surface area contributed by atoms with Gasteiger partial charge in [-0.25, -0.2) is 4.79 Å². The summed E-state index contributed by atoms with van der Waals surface area (Å²) >= 11 is 3.61. The van der Waals surface area contributed by atoms with Crippen molar-refractivity contribution in [1.82, 2.24) is 10.3 Å². The second kappa shape index (κ2) is 13.0. The zero-order valence-corrected chi connectivity index (χ0v) is 23.7. The minimum absolute atomic E-state index is 0.378. The molecule has 1 aromatic heterocycles. The second-order valence-electron chi connectivity index (χ2n) is 9.85. The van der Waals surface area contributed by atoms with E-state index in [0.717, 1.165) is 16.4 Å². The SMILES string of the molecule is CC(C)(C)OC(=O)NCCSCc1ccncc1SC(c1ccccc1)(c1ccccc1)c1ccccc1. The Labute approximate surface area is 234 Å². The number of benzene rings is 3. The van der Waals surface area contributed by atoms with Crippen LogP contribution in [0.5, 0.6) is 0 Å². The number of rotatable bonds is 10. The van der Waals surface area contributed by atoms with Crippen molar-refractivity contribution in [2.75, 3.05) is 12.3 Å². The van der Waals surface area contributed by atoms with Gasteiger partial charge in [-0.3, -0.25) is 4.98 Å². The number of nitrogens with one attached hydrogen (secondary N) is 1. The lowest BCUT2D eigenvalue weighted by atomic mass is 9.84. The monoisotopic (exact) mass is 542 g/mol. The number of hydrogen-bond acceptors (Lipinski definition) is 5. The molecule has 0 bridgehead atoms. The number of amides is 1. The maximum absolute atomic E-state index is 12.0. The Kier molecular flexibility index (Phi) is 9.53. The highest BCUT2D eigenvalue weighted by Gasteiger charge is 2.38. The normalized spacial score (nSPS) is 11.7. The summed E-state index contributed by atoms with van der Waals surface area (Å²) in [6.07, 6.45) is 3.45. The summed E-state index contributed by atoms with van der Waals surface area (Å²) in [7, 11) is 0. The van der Waals surface area contributed by atoms with Crippen LogP contribution >= 0.6 is 23.5 Å². The number of alkyl carbamates (subject to hydrolysis) is 1. The molecule has 4 nitrogen and oxygen atoms in total. The number of ether oxygens (including phenoxy) is 1. The average Bonchev–Trinajstić information content (AvgIpc) is 2.93. The molecule has 196 valence electrons. The summed E-state index contributed by atoms with van der Waals surface area (Å²) in [5, 5.41) is 2.84. The number of aromatic nitrogens is 1. The zero-order valence-electron chi connectivity index (χ0n) is 22.1. The molecule has 0 aliphatic carbocycles. The molecule has 6 heteroatoms. The third-order valence-electron chi connectivity index (χ3n) is 5.85. The van der Waals surface area contributed by atoms with Crippen LogP contribution in [0.3, 0.4) is 0 Å². The van der Waals surface area contributed by atoms with Gasteiger partial charge in [0.25, 0.3) is 0 Å². The molecule has 0 saturated carbocycles. The average molecular weight is 543 g/mol. The molecule has 4 aromatic rings. The molecule has 4 rings (SSSR count). The number of carbonyl (C=O) groups excluding carboxylic acids is 1. The van der Waals surface area contributed by atoms with E-state index in [0.29, 0.717) is 6.54 Å². The molecule has 0 aliphatic heterocycles. The third kappa shape index (κ3) is 7.21. The van der Waals surface area contributed by atoms with Gasteiger partial charge in [0.15, 0.2) is 0 Å². The van der Waals surface area contributed by atoms with Gasteiger partial charge < -0.3 is 10.1 Å². The van der Waals surface area contributed by atoms with Crippen LogP contribution in [0.25, 0.3) is 0 Å². The fraction of sp³-hybridized carbons (Fsp3) is 0.250. The minimum atomic E-state index is -0.497. The highest BCUT2D eigenvalue weighted by atomic mass is 32.2. The fourth-order valence-electron chi connectivity index (χ4n) is 4.20. The van der Waals surface area contributed by atoms with Crippen LogP contribution in [0.2, 0.25) is 0 Å². The molecule has 1 N–H and O–H groups in total. The first kappa shape index (κ1) is 27.8. The van der Waals surface area contributed by atoms with Crippen molar-refractivity contribution in [3.05, 3.63) is 132 Å². The van der Waals surface area contributed by atoms with Crippen molar-refractivity contribution in [2.45, 2.75) is 41.8 Å². The Bertz CT molecular complexity index is 1200. The van der Waals surface area contributed by atoms with Crippen LogP contribution in [0.15, 0.2) is 114 Å². The molecule has 1 heterocycles. The molecule has 0 aliphatic rings. The Morgan fingerprint density at radius 3 is 1.84 bits per heavy atom. The first-order valence-corrected chi connectivity index (χ1v) is 14.7. The minimum Gasteiger partial charge on any atom is -0.444 e. The van der Waals surface area contributed by atoms with Crippen molar-refractivity contribution in [1.29, 1.82) is 0 Å². The lowest BCUT2D eigenvalue weighted by Crippen LogP contribution is -2.33. The zero-order chi connectivity index (χ0) is 26.8. The molecule has 0 saturated heterocycles. The van der Waals surface area contributed by atoms with Crippen molar-refractivity contribution in [3.8, 4) is 0 Å².